The van der Waals surface area contributed by atoms with Gasteiger partial charge in [0.2, 0.25) is 0 Å². The van der Waals surface area contributed by atoms with Crippen molar-refractivity contribution < 1.29 is 18.8 Å². The van der Waals surface area contributed by atoms with Crippen molar-refractivity contribution in [1.29, 1.82) is 0 Å². The molecule has 9 heteroatoms. The Morgan fingerprint density at radius 3 is 2.56 bits per heavy atom. The summed E-state index contributed by atoms with van der Waals surface area (Å²) in [7, 11) is 1.56. The number of rotatable bonds is 11. The molecule has 0 aliphatic carbocycles. The van der Waals surface area contributed by atoms with Crippen LogP contribution in [-0.2, 0) is 13.2 Å². The van der Waals surface area contributed by atoms with Crippen LogP contribution in [-0.4, -0.2) is 25.1 Å². The normalized spacial score (nSPS) is 10.6. The number of benzene rings is 3. The van der Waals surface area contributed by atoms with Crippen LogP contribution < -0.4 is 20.1 Å². The fraction of sp³-hybridized carbons (Fsp3) is 0.217. The summed E-state index contributed by atoms with van der Waals surface area (Å²) >= 11 is 6.09. The lowest BCUT2D eigenvalue weighted by molar-refractivity contribution is -0.384. The van der Waals surface area contributed by atoms with E-state index in [0.717, 1.165) is 5.56 Å². The Kier molecular flexibility index (Phi) is 8.24. The number of ether oxygens (including phenoxy) is 2. The third-order valence-electron chi connectivity index (χ3n) is 4.71. The van der Waals surface area contributed by atoms with Crippen molar-refractivity contribution in [1.82, 2.24) is 5.32 Å². The van der Waals surface area contributed by atoms with E-state index < -0.39 is 4.92 Å². The molecule has 7 nitrogen and oxygen atoms in total. The summed E-state index contributed by atoms with van der Waals surface area (Å²) in [4.78, 5) is 10.3. The van der Waals surface area contributed by atoms with Crippen molar-refractivity contribution in [2.75, 3.05) is 25.5 Å². The Bertz CT molecular complexity index is 1080. The molecule has 2 N–H and O–H groups in total. The fourth-order valence-corrected chi connectivity index (χ4v) is 3.30. The minimum Gasteiger partial charge on any atom is -0.493 e. The minimum atomic E-state index is -0.489. The Labute approximate surface area is 190 Å². The van der Waals surface area contributed by atoms with E-state index in [-0.39, 0.29) is 23.1 Å². The summed E-state index contributed by atoms with van der Waals surface area (Å²) in [5.74, 6) is 0.798. The molecule has 0 aliphatic rings. The number of non-ortho nitro benzene ring substituents is 1. The number of para-hydroxylation sites is 1. The van der Waals surface area contributed by atoms with Gasteiger partial charge in [-0.2, -0.15) is 0 Å². The second-order valence-electron chi connectivity index (χ2n) is 6.85. The van der Waals surface area contributed by atoms with E-state index in [0.29, 0.717) is 42.4 Å². The van der Waals surface area contributed by atoms with E-state index in [1.165, 1.54) is 18.2 Å². The summed E-state index contributed by atoms with van der Waals surface area (Å²) in [6.45, 7) is 1.73. The molecule has 168 valence electrons. The highest BCUT2D eigenvalue weighted by Gasteiger charge is 2.12. The van der Waals surface area contributed by atoms with Gasteiger partial charge in [-0.1, -0.05) is 41.9 Å². The van der Waals surface area contributed by atoms with E-state index >= 15 is 0 Å². The van der Waals surface area contributed by atoms with Crippen LogP contribution in [0.3, 0.4) is 0 Å². The van der Waals surface area contributed by atoms with Crippen molar-refractivity contribution in [2.24, 2.45) is 0 Å². The minimum absolute atomic E-state index is 0.0559. The topological polar surface area (TPSA) is 85.7 Å². The Morgan fingerprint density at radius 2 is 1.84 bits per heavy atom. The molecule has 0 heterocycles. The molecule has 32 heavy (non-hydrogen) atoms. The van der Waals surface area contributed by atoms with Crippen molar-refractivity contribution in [3.8, 4) is 11.5 Å². The summed E-state index contributed by atoms with van der Waals surface area (Å²) in [5.41, 5.74) is 1.89. The zero-order chi connectivity index (χ0) is 22.9. The first-order valence-corrected chi connectivity index (χ1v) is 10.3. The molecule has 0 saturated carbocycles. The Hall–Kier alpha value is -3.36. The number of hydrogen-bond donors (Lipinski definition) is 2. The number of halogens is 2. The van der Waals surface area contributed by atoms with Crippen LogP contribution in [0.4, 0.5) is 15.8 Å². The van der Waals surface area contributed by atoms with Gasteiger partial charge < -0.3 is 20.1 Å². The molecule has 0 atom stereocenters. The van der Waals surface area contributed by atoms with Gasteiger partial charge >= 0.3 is 0 Å². The number of nitrogens with zero attached hydrogens (tertiary/aromatic N) is 1. The molecule has 0 spiro atoms. The number of anilines is 1. The zero-order valence-electron chi connectivity index (χ0n) is 17.4. The second kappa shape index (κ2) is 11.3. The number of nitro benzene ring substituents is 1. The Balaban J connectivity index is 1.56. The maximum absolute atomic E-state index is 13.9. The molecule has 0 unspecified atom stereocenters. The first-order valence-electron chi connectivity index (χ1n) is 9.90. The van der Waals surface area contributed by atoms with Crippen LogP contribution in [0.5, 0.6) is 11.5 Å². The average Bonchev–Trinajstić information content (AvgIpc) is 2.79. The highest BCUT2D eigenvalue weighted by molar-refractivity contribution is 6.33. The first-order chi connectivity index (χ1) is 15.5. The summed E-state index contributed by atoms with van der Waals surface area (Å²) < 4.78 is 25.2. The maximum atomic E-state index is 13.9. The first kappa shape index (κ1) is 23.3. The summed E-state index contributed by atoms with van der Waals surface area (Å²) in [6, 6.07) is 16.3. The van der Waals surface area contributed by atoms with Crippen molar-refractivity contribution >= 4 is 23.0 Å². The maximum Gasteiger partial charge on any atom is 0.271 e. The van der Waals surface area contributed by atoms with Crippen LogP contribution in [0.25, 0.3) is 0 Å². The largest absolute Gasteiger partial charge is 0.493 e. The number of nitro groups is 1. The SMILES string of the molecule is COc1cccc(CNCCNc2ccc([N+](=O)[O-])cc2Cl)c1OCc1ccccc1F. The predicted molar refractivity (Wildman–Crippen MR) is 122 cm³/mol. The van der Waals surface area contributed by atoms with Crippen LogP contribution in [0.1, 0.15) is 11.1 Å². The number of hydrogen-bond acceptors (Lipinski definition) is 6. The quantitative estimate of drug-likeness (QED) is 0.233. The Morgan fingerprint density at radius 1 is 1.06 bits per heavy atom. The van der Waals surface area contributed by atoms with Crippen molar-refractivity contribution in [2.45, 2.75) is 13.2 Å². The van der Waals surface area contributed by atoms with E-state index in [4.69, 9.17) is 21.1 Å². The molecule has 3 aromatic carbocycles. The second-order valence-corrected chi connectivity index (χ2v) is 7.26. The molecule has 0 bridgehead atoms. The van der Waals surface area contributed by atoms with Gasteiger partial charge in [-0.15, -0.1) is 0 Å². The van der Waals surface area contributed by atoms with Crippen LogP contribution in [0.2, 0.25) is 5.02 Å². The molecule has 3 aromatic rings. The van der Waals surface area contributed by atoms with Gasteiger partial charge in [-0.05, 0) is 18.2 Å². The molecule has 0 aromatic heterocycles. The zero-order valence-corrected chi connectivity index (χ0v) is 18.2. The average molecular weight is 460 g/mol. The van der Waals surface area contributed by atoms with Crippen molar-refractivity contribution in [3.63, 3.8) is 0 Å². The van der Waals surface area contributed by atoms with Crippen LogP contribution in [0, 0.1) is 15.9 Å². The van der Waals surface area contributed by atoms with Gasteiger partial charge in [0.15, 0.2) is 11.5 Å². The van der Waals surface area contributed by atoms with Crippen LogP contribution >= 0.6 is 11.6 Å². The van der Waals surface area contributed by atoms with Gasteiger partial charge in [0.25, 0.3) is 5.69 Å². The molecule has 0 aliphatic heterocycles. The predicted octanol–water partition coefficient (Wildman–Crippen LogP) is 5.18. The molecule has 0 saturated heterocycles. The lowest BCUT2D eigenvalue weighted by atomic mass is 10.1. The number of methoxy groups -OCH3 is 1. The molecule has 0 fully saturated rings. The lowest BCUT2D eigenvalue weighted by Crippen LogP contribution is -2.22. The molecule has 0 radical (unpaired) electrons. The van der Waals surface area contributed by atoms with Crippen molar-refractivity contribution in [3.05, 3.63) is 92.7 Å². The van der Waals surface area contributed by atoms with Crippen LogP contribution in [0.15, 0.2) is 60.7 Å². The van der Waals surface area contributed by atoms with Gasteiger partial charge in [0.1, 0.15) is 12.4 Å². The van der Waals surface area contributed by atoms with Gasteiger partial charge in [-0.3, -0.25) is 10.1 Å². The molecule has 0 amide bonds. The standard InChI is InChI=1S/C23H23ClFN3O4/c1-31-22-8-4-6-16(23(22)32-15-17-5-2-3-7-20(17)25)14-26-11-12-27-21-10-9-18(28(29)30)13-19(21)24/h2-10,13,26-27H,11-12,14-15H2,1H3. The summed E-state index contributed by atoms with van der Waals surface area (Å²) in [5, 5.41) is 17.5. The smallest absolute Gasteiger partial charge is 0.271 e. The van der Waals surface area contributed by atoms with E-state index in [9.17, 15) is 14.5 Å². The van der Waals surface area contributed by atoms with Gasteiger partial charge in [0, 0.05) is 42.9 Å². The molecule has 3 rings (SSSR count). The monoisotopic (exact) mass is 459 g/mol. The molecular weight excluding hydrogens is 437 g/mol. The molecular formula is C23H23ClFN3O4. The van der Waals surface area contributed by atoms with Gasteiger partial charge in [-0.25, -0.2) is 4.39 Å². The van der Waals surface area contributed by atoms with E-state index in [2.05, 4.69) is 10.6 Å². The lowest BCUT2D eigenvalue weighted by Gasteiger charge is -2.16. The summed E-state index contributed by atoms with van der Waals surface area (Å²) in [6.07, 6.45) is 0. The highest BCUT2D eigenvalue weighted by atomic mass is 35.5. The third kappa shape index (κ3) is 6.09. The van der Waals surface area contributed by atoms with E-state index in [1.54, 1.807) is 37.4 Å². The van der Waals surface area contributed by atoms with E-state index in [1.807, 2.05) is 12.1 Å². The van der Waals surface area contributed by atoms with Gasteiger partial charge in [0.05, 0.1) is 22.7 Å². The fourth-order valence-electron chi connectivity index (χ4n) is 3.06. The highest BCUT2D eigenvalue weighted by Crippen LogP contribution is 2.32. The third-order valence-corrected chi connectivity index (χ3v) is 5.02. The number of nitrogens with one attached hydrogen (secondary N) is 2.